The molecule has 1 aromatic heterocycles. The first-order chi connectivity index (χ1) is 10.1. The first kappa shape index (κ1) is 13.8. The average Bonchev–Trinajstić information content (AvgIpc) is 3.06. The molecule has 0 saturated heterocycles. The number of Topliss-reactive ketones (excluding diaryl/α,β-unsaturated/α-hetero) is 1. The molecule has 1 aromatic carbocycles. The molecule has 1 N–H and O–H groups in total. The van der Waals surface area contributed by atoms with E-state index in [0.717, 1.165) is 36.6 Å². The summed E-state index contributed by atoms with van der Waals surface area (Å²) < 4.78 is 1.83. The number of carbonyl (C=O) groups is 1. The summed E-state index contributed by atoms with van der Waals surface area (Å²) in [5.41, 5.74) is 3.13. The summed E-state index contributed by atoms with van der Waals surface area (Å²) in [5.74, 6) is 1.32. The van der Waals surface area contributed by atoms with E-state index in [2.05, 4.69) is 29.2 Å². The lowest BCUT2D eigenvalue weighted by molar-refractivity contribution is 0.0989. The average molecular weight is 284 g/mol. The predicted molar refractivity (Wildman–Crippen MR) is 81.5 cm³/mol. The molecule has 110 valence electrons. The third-order valence-electron chi connectivity index (χ3n) is 3.69. The van der Waals surface area contributed by atoms with Gasteiger partial charge in [-0.15, -0.1) is 0 Å². The smallest absolute Gasteiger partial charge is 0.170 e. The maximum absolute atomic E-state index is 12.4. The SMILES string of the molecule is CC(C)Cn1ncnc1CC(=O)c1ccc2c(c1)CCN2. The molecule has 0 atom stereocenters. The van der Waals surface area contributed by atoms with Gasteiger partial charge in [0.2, 0.25) is 0 Å². The van der Waals surface area contributed by atoms with Crippen molar-refractivity contribution in [2.75, 3.05) is 11.9 Å². The number of hydrogen-bond acceptors (Lipinski definition) is 4. The van der Waals surface area contributed by atoms with Crippen molar-refractivity contribution in [3.8, 4) is 0 Å². The Balaban J connectivity index is 1.76. The number of nitrogens with one attached hydrogen (secondary N) is 1. The van der Waals surface area contributed by atoms with Gasteiger partial charge in [0.15, 0.2) is 5.78 Å². The van der Waals surface area contributed by atoms with E-state index in [9.17, 15) is 4.79 Å². The van der Waals surface area contributed by atoms with E-state index in [-0.39, 0.29) is 5.78 Å². The molecule has 0 spiro atoms. The van der Waals surface area contributed by atoms with E-state index in [0.29, 0.717) is 12.3 Å². The van der Waals surface area contributed by atoms with Crippen LogP contribution in [0.2, 0.25) is 0 Å². The molecule has 5 heteroatoms. The van der Waals surface area contributed by atoms with E-state index in [4.69, 9.17) is 0 Å². The van der Waals surface area contributed by atoms with E-state index in [1.165, 1.54) is 11.9 Å². The summed E-state index contributed by atoms with van der Waals surface area (Å²) >= 11 is 0. The van der Waals surface area contributed by atoms with E-state index in [1.54, 1.807) is 0 Å². The van der Waals surface area contributed by atoms with Gasteiger partial charge in [0.05, 0.1) is 6.42 Å². The van der Waals surface area contributed by atoms with Crippen molar-refractivity contribution in [1.82, 2.24) is 14.8 Å². The minimum absolute atomic E-state index is 0.0997. The number of rotatable bonds is 5. The van der Waals surface area contributed by atoms with Crippen LogP contribution in [0.3, 0.4) is 0 Å². The second kappa shape index (κ2) is 5.68. The van der Waals surface area contributed by atoms with E-state index < -0.39 is 0 Å². The second-order valence-electron chi connectivity index (χ2n) is 5.90. The number of aromatic nitrogens is 3. The molecule has 3 rings (SSSR count). The molecule has 2 heterocycles. The second-order valence-corrected chi connectivity index (χ2v) is 5.90. The zero-order chi connectivity index (χ0) is 14.8. The molecule has 0 aliphatic carbocycles. The molecule has 0 bridgehead atoms. The zero-order valence-corrected chi connectivity index (χ0v) is 12.5. The molecule has 0 unspecified atom stereocenters. The number of nitrogens with zero attached hydrogens (tertiary/aromatic N) is 3. The standard InChI is InChI=1S/C16H20N4O/c1-11(2)9-20-16(18-10-19-20)8-15(21)13-3-4-14-12(7-13)5-6-17-14/h3-4,7,10-11,17H,5-6,8-9H2,1-2H3. The van der Waals surface area contributed by atoms with Gasteiger partial charge in [-0.3, -0.25) is 4.79 Å². The fourth-order valence-electron chi connectivity index (χ4n) is 2.65. The van der Waals surface area contributed by atoms with E-state index >= 15 is 0 Å². The van der Waals surface area contributed by atoms with Gasteiger partial charge in [-0.05, 0) is 36.1 Å². The van der Waals surface area contributed by atoms with Gasteiger partial charge in [0.1, 0.15) is 12.2 Å². The first-order valence-corrected chi connectivity index (χ1v) is 7.40. The van der Waals surface area contributed by atoms with Crippen LogP contribution in [0.15, 0.2) is 24.5 Å². The van der Waals surface area contributed by atoms with Crippen LogP contribution in [0.1, 0.15) is 35.6 Å². The molecule has 5 nitrogen and oxygen atoms in total. The number of carbonyl (C=O) groups excluding carboxylic acids is 1. The molecule has 2 aromatic rings. The molecule has 0 radical (unpaired) electrons. The summed E-state index contributed by atoms with van der Waals surface area (Å²) in [5, 5.41) is 7.51. The van der Waals surface area contributed by atoms with Gasteiger partial charge >= 0.3 is 0 Å². The van der Waals surface area contributed by atoms with Gasteiger partial charge < -0.3 is 5.32 Å². The highest BCUT2D eigenvalue weighted by atomic mass is 16.1. The fourth-order valence-corrected chi connectivity index (χ4v) is 2.65. The van der Waals surface area contributed by atoms with Gasteiger partial charge in [0, 0.05) is 24.3 Å². The van der Waals surface area contributed by atoms with Gasteiger partial charge in [-0.25, -0.2) is 9.67 Å². The molecule has 0 fully saturated rings. The first-order valence-electron chi connectivity index (χ1n) is 7.40. The topological polar surface area (TPSA) is 59.8 Å². The lowest BCUT2D eigenvalue weighted by Gasteiger charge is -2.08. The van der Waals surface area contributed by atoms with Crippen molar-refractivity contribution in [2.24, 2.45) is 5.92 Å². The Hall–Kier alpha value is -2.17. The van der Waals surface area contributed by atoms with Crippen LogP contribution in [0, 0.1) is 5.92 Å². The van der Waals surface area contributed by atoms with Crippen molar-refractivity contribution in [3.63, 3.8) is 0 Å². The number of fused-ring (bicyclic) bond motifs is 1. The lowest BCUT2D eigenvalue weighted by atomic mass is 10.0. The van der Waals surface area contributed by atoms with Crippen LogP contribution >= 0.6 is 0 Å². The highest BCUT2D eigenvalue weighted by Crippen LogP contribution is 2.23. The zero-order valence-electron chi connectivity index (χ0n) is 12.5. The van der Waals surface area contributed by atoms with Crippen LogP contribution in [0.5, 0.6) is 0 Å². The van der Waals surface area contributed by atoms with Crippen LogP contribution in [0.25, 0.3) is 0 Å². The molecule has 1 aliphatic rings. The Morgan fingerprint density at radius 3 is 3.10 bits per heavy atom. The largest absolute Gasteiger partial charge is 0.384 e. The minimum atomic E-state index is 0.0997. The Labute approximate surface area is 124 Å². The molecular weight excluding hydrogens is 264 g/mol. The lowest BCUT2D eigenvalue weighted by Crippen LogP contribution is -2.14. The summed E-state index contributed by atoms with van der Waals surface area (Å²) in [6, 6.07) is 5.89. The summed E-state index contributed by atoms with van der Waals surface area (Å²) in [7, 11) is 0. The number of hydrogen-bond donors (Lipinski definition) is 1. The maximum atomic E-state index is 12.4. The molecule has 0 amide bonds. The Bertz CT molecular complexity index is 660. The summed E-state index contributed by atoms with van der Waals surface area (Å²) in [4.78, 5) is 16.7. The Morgan fingerprint density at radius 2 is 2.29 bits per heavy atom. The molecule has 21 heavy (non-hydrogen) atoms. The third-order valence-corrected chi connectivity index (χ3v) is 3.69. The normalized spacial score (nSPS) is 13.3. The minimum Gasteiger partial charge on any atom is -0.384 e. The summed E-state index contributed by atoms with van der Waals surface area (Å²) in [6.07, 6.45) is 2.82. The highest BCUT2D eigenvalue weighted by Gasteiger charge is 2.16. The monoisotopic (exact) mass is 284 g/mol. The van der Waals surface area contributed by atoms with E-state index in [1.807, 2.05) is 22.9 Å². The van der Waals surface area contributed by atoms with Gasteiger partial charge in [0.25, 0.3) is 0 Å². The van der Waals surface area contributed by atoms with Crippen molar-refractivity contribution in [3.05, 3.63) is 41.5 Å². The molecule has 0 saturated carbocycles. The fraction of sp³-hybridized carbons (Fsp3) is 0.438. The molecular formula is C16H20N4O. The number of anilines is 1. The quantitative estimate of drug-likeness (QED) is 0.856. The summed E-state index contributed by atoms with van der Waals surface area (Å²) in [6.45, 7) is 5.99. The number of benzene rings is 1. The van der Waals surface area contributed by atoms with Crippen molar-refractivity contribution >= 4 is 11.5 Å². The van der Waals surface area contributed by atoms with Gasteiger partial charge in [-0.2, -0.15) is 5.10 Å². The van der Waals surface area contributed by atoms with Crippen LogP contribution in [-0.4, -0.2) is 27.1 Å². The van der Waals surface area contributed by atoms with Crippen molar-refractivity contribution in [1.29, 1.82) is 0 Å². The van der Waals surface area contributed by atoms with Crippen LogP contribution < -0.4 is 5.32 Å². The van der Waals surface area contributed by atoms with Crippen LogP contribution in [0.4, 0.5) is 5.69 Å². The third kappa shape index (κ3) is 2.96. The Morgan fingerprint density at radius 1 is 1.43 bits per heavy atom. The highest BCUT2D eigenvalue weighted by molar-refractivity contribution is 5.97. The van der Waals surface area contributed by atoms with Crippen molar-refractivity contribution < 1.29 is 4.79 Å². The Kier molecular flexibility index (Phi) is 3.73. The molecule has 1 aliphatic heterocycles. The van der Waals surface area contributed by atoms with Crippen molar-refractivity contribution in [2.45, 2.75) is 33.2 Å². The van der Waals surface area contributed by atoms with Gasteiger partial charge in [-0.1, -0.05) is 13.8 Å². The number of ketones is 1. The predicted octanol–water partition coefficient (Wildman–Crippen LogP) is 2.33. The van der Waals surface area contributed by atoms with Crippen LogP contribution in [-0.2, 0) is 19.4 Å². The maximum Gasteiger partial charge on any atom is 0.170 e.